The van der Waals surface area contributed by atoms with Crippen LogP contribution in [-0.2, 0) is 4.79 Å². The average molecular weight is 527 g/mol. The van der Waals surface area contributed by atoms with E-state index < -0.39 is 12.6 Å². The zero-order chi connectivity index (χ0) is 24.1. The van der Waals surface area contributed by atoms with Gasteiger partial charge in [-0.3, -0.25) is 4.79 Å². The number of anilines is 2. The number of ether oxygens (including phenoxy) is 2. The van der Waals surface area contributed by atoms with Crippen LogP contribution in [0.5, 0.6) is 17.2 Å². The monoisotopic (exact) mass is 526 g/mol. The molecule has 0 fully saturated rings. The lowest BCUT2D eigenvalue weighted by atomic mass is 10.1. The fourth-order valence-electron chi connectivity index (χ4n) is 3.75. The average Bonchev–Trinajstić information content (AvgIpc) is 2.84. The zero-order valence-corrected chi connectivity index (χ0v) is 19.8. The Bertz CT molecular complexity index is 1180. The minimum absolute atomic E-state index is 0.0773. The second-order valence-corrected chi connectivity index (χ2v) is 8.49. The molecular formula is C25H23BrN2O6. The van der Waals surface area contributed by atoms with Crippen molar-refractivity contribution >= 4 is 39.2 Å². The highest BCUT2D eigenvalue weighted by Crippen LogP contribution is 2.40. The maximum absolute atomic E-state index is 13.4. The molecule has 0 saturated carbocycles. The van der Waals surface area contributed by atoms with Crippen LogP contribution < -0.4 is 19.3 Å². The van der Waals surface area contributed by atoms with Crippen LogP contribution in [0.15, 0.2) is 71.2 Å². The predicted octanol–water partition coefficient (Wildman–Crippen LogP) is 4.16. The molecule has 9 heteroatoms. The van der Waals surface area contributed by atoms with Gasteiger partial charge in [-0.25, -0.2) is 4.79 Å². The lowest BCUT2D eigenvalue weighted by Gasteiger charge is -2.34. The Balaban J connectivity index is 1.59. The number of aliphatic carboxylic acids is 1. The SMILES string of the molecule is O=C(O)COc1cccc2c1OCCN2CCN(C(=O)c1ccccc1O)c1ccc(Br)cc1. The minimum atomic E-state index is -1.07. The number of benzene rings is 3. The zero-order valence-electron chi connectivity index (χ0n) is 18.2. The summed E-state index contributed by atoms with van der Waals surface area (Å²) >= 11 is 3.42. The number of amides is 1. The summed E-state index contributed by atoms with van der Waals surface area (Å²) in [6, 6.07) is 19.2. The number of hydrogen-bond donors (Lipinski definition) is 2. The molecule has 0 atom stereocenters. The topological polar surface area (TPSA) is 99.5 Å². The molecule has 4 rings (SSSR count). The Kier molecular flexibility index (Phi) is 7.22. The Morgan fingerprint density at radius 2 is 1.82 bits per heavy atom. The van der Waals surface area contributed by atoms with Crippen molar-refractivity contribution in [1.82, 2.24) is 0 Å². The van der Waals surface area contributed by atoms with Gasteiger partial charge in [-0.2, -0.15) is 0 Å². The first-order valence-corrected chi connectivity index (χ1v) is 11.4. The lowest BCUT2D eigenvalue weighted by Crippen LogP contribution is -2.42. The number of carboxylic acid groups (broad SMARTS) is 1. The van der Waals surface area contributed by atoms with E-state index >= 15 is 0 Å². The van der Waals surface area contributed by atoms with Crippen molar-refractivity contribution in [2.45, 2.75) is 0 Å². The molecule has 1 amide bonds. The molecule has 0 radical (unpaired) electrons. The van der Waals surface area contributed by atoms with Crippen LogP contribution in [0.4, 0.5) is 11.4 Å². The van der Waals surface area contributed by atoms with Crippen molar-refractivity contribution in [3.63, 3.8) is 0 Å². The van der Waals surface area contributed by atoms with E-state index in [0.717, 1.165) is 10.2 Å². The van der Waals surface area contributed by atoms with E-state index in [1.54, 1.807) is 35.2 Å². The maximum Gasteiger partial charge on any atom is 0.341 e. The first-order chi connectivity index (χ1) is 16.4. The Labute approximate surface area is 205 Å². The van der Waals surface area contributed by atoms with Crippen molar-refractivity contribution in [2.75, 3.05) is 42.6 Å². The second kappa shape index (κ2) is 10.5. The van der Waals surface area contributed by atoms with Crippen molar-refractivity contribution in [1.29, 1.82) is 0 Å². The third kappa shape index (κ3) is 5.26. The van der Waals surface area contributed by atoms with E-state index in [2.05, 4.69) is 20.8 Å². The number of carboxylic acids is 1. The number of halogens is 1. The van der Waals surface area contributed by atoms with Gasteiger partial charge < -0.3 is 29.5 Å². The molecule has 2 N–H and O–H groups in total. The van der Waals surface area contributed by atoms with E-state index in [1.807, 2.05) is 30.3 Å². The van der Waals surface area contributed by atoms with Crippen LogP contribution in [0.3, 0.4) is 0 Å². The van der Waals surface area contributed by atoms with Crippen LogP contribution in [0, 0.1) is 0 Å². The molecule has 0 aromatic heterocycles. The molecular weight excluding hydrogens is 504 g/mol. The lowest BCUT2D eigenvalue weighted by molar-refractivity contribution is -0.139. The predicted molar refractivity (Wildman–Crippen MR) is 131 cm³/mol. The van der Waals surface area contributed by atoms with Gasteiger partial charge in [0, 0.05) is 23.2 Å². The number of phenolic OH excluding ortho intramolecular Hbond substituents is 1. The number of phenols is 1. The van der Waals surface area contributed by atoms with Crippen molar-refractivity contribution < 1.29 is 29.3 Å². The summed E-state index contributed by atoms with van der Waals surface area (Å²) < 4.78 is 12.0. The summed E-state index contributed by atoms with van der Waals surface area (Å²) in [5.41, 5.74) is 1.68. The molecule has 0 unspecified atom stereocenters. The van der Waals surface area contributed by atoms with E-state index in [1.165, 1.54) is 6.07 Å². The van der Waals surface area contributed by atoms with Gasteiger partial charge in [-0.1, -0.05) is 34.1 Å². The van der Waals surface area contributed by atoms with Gasteiger partial charge in [-0.05, 0) is 48.5 Å². The van der Waals surface area contributed by atoms with Crippen LogP contribution in [0.1, 0.15) is 10.4 Å². The van der Waals surface area contributed by atoms with E-state index in [-0.39, 0.29) is 17.2 Å². The third-order valence-electron chi connectivity index (χ3n) is 5.37. The molecule has 34 heavy (non-hydrogen) atoms. The number of carbonyl (C=O) groups excluding carboxylic acids is 1. The Hall–Kier alpha value is -3.72. The van der Waals surface area contributed by atoms with E-state index in [0.29, 0.717) is 43.4 Å². The summed E-state index contributed by atoms with van der Waals surface area (Å²) in [5.74, 6) is -0.617. The van der Waals surface area contributed by atoms with Gasteiger partial charge in [0.1, 0.15) is 12.4 Å². The summed E-state index contributed by atoms with van der Waals surface area (Å²) in [6.07, 6.45) is 0. The molecule has 0 aliphatic carbocycles. The fourth-order valence-corrected chi connectivity index (χ4v) is 4.02. The number of hydrogen-bond acceptors (Lipinski definition) is 6. The van der Waals surface area contributed by atoms with Crippen molar-refractivity contribution in [3.8, 4) is 17.2 Å². The molecule has 8 nitrogen and oxygen atoms in total. The smallest absolute Gasteiger partial charge is 0.341 e. The standard InChI is InChI=1S/C25H23BrN2O6/c26-17-8-10-18(11-9-17)28(25(32)19-4-1-2-6-21(19)29)13-12-27-14-15-33-24-20(27)5-3-7-22(24)34-16-23(30)31/h1-11,29H,12-16H2,(H,30,31). The van der Waals surface area contributed by atoms with Gasteiger partial charge >= 0.3 is 5.97 Å². The molecule has 0 bridgehead atoms. The molecule has 1 aliphatic rings. The number of nitrogens with zero attached hydrogens (tertiary/aromatic N) is 2. The molecule has 3 aromatic carbocycles. The largest absolute Gasteiger partial charge is 0.507 e. The van der Waals surface area contributed by atoms with Gasteiger partial charge in [0.25, 0.3) is 5.91 Å². The van der Waals surface area contributed by atoms with Crippen LogP contribution >= 0.6 is 15.9 Å². The van der Waals surface area contributed by atoms with Crippen LogP contribution in [0.2, 0.25) is 0 Å². The van der Waals surface area contributed by atoms with Crippen LogP contribution in [-0.4, -0.2) is 54.9 Å². The number of rotatable bonds is 8. The van der Waals surface area contributed by atoms with E-state index in [4.69, 9.17) is 14.6 Å². The number of para-hydroxylation sites is 2. The number of carbonyl (C=O) groups is 2. The molecule has 0 saturated heterocycles. The van der Waals surface area contributed by atoms with Crippen molar-refractivity contribution in [3.05, 3.63) is 76.8 Å². The quantitative estimate of drug-likeness (QED) is 0.454. The van der Waals surface area contributed by atoms with Gasteiger partial charge in [0.15, 0.2) is 18.1 Å². The first kappa shape index (κ1) is 23.4. The summed E-state index contributed by atoms with van der Waals surface area (Å²) in [6.45, 7) is 1.34. The molecule has 1 heterocycles. The normalized spacial score (nSPS) is 12.4. The second-order valence-electron chi connectivity index (χ2n) is 7.57. The molecule has 1 aliphatic heterocycles. The van der Waals surface area contributed by atoms with Gasteiger partial charge in [-0.15, -0.1) is 0 Å². The number of fused-ring (bicyclic) bond motifs is 1. The Morgan fingerprint density at radius 1 is 1.06 bits per heavy atom. The number of aromatic hydroxyl groups is 1. The molecule has 0 spiro atoms. The highest BCUT2D eigenvalue weighted by Gasteiger charge is 2.25. The molecule has 176 valence electrons. The highest BCUT2D eigenvalue weighted by atomic mass is 79.9. The Morgan fingerprint density at radius 3 is 2.56 bits per heavy atom. The van der Waals surface area contributed by atoms with Crippen molar-refractivity contribution in [2.24, 2.45) is 0 Å². The minimum Gasteiger partial charge on any atom is -0.507 e. The fraction of sp³-hybridized carbons (Fsp3) is 0.200. The summed E-state index contributed by atoms with van der Waals surface area (Å²) in [5, 5.41) is 19.2. The highest BCUT2D eigenvalue weighted by molar-refractivity contribution is 9.10. The van der Waals surface area contributed by atoms with E-state index in [9.17, 15) is 14.7 Å². The first-order valence-electron chi connectivity index (χ1n) is 10.6. The maximum atomic E-state index is 13.4. The van der Waals surface area contributed by atoms with Gasteiger partial charge in [0.05, 0.1) is 17.8 Å². The summed E-state index contributed by atoms with van der Waals surface area (Å²) in [4.78, 5) is 28.0. The summed E-state index contributed by atoms with van der Waals surface area (Å²) in [7, 11) is 0. The van der Waals surface area contributed by atoms with Gasteiger partial charge in [0.2, 0.25) is 0 Å². The third-order valence-corrected chi connectivity index (χ3v) is 5.90. The van der Waals surface area contributed by atoms with Crippen LogP contribution in [0.25, 0.3) is 0 Å². The molecule has 3 aromatic rings.